The summed E-state index contributed by atoms with van der Waals surface area (Å²) < 4.78 is 12.8. The van der Waals surface area contributed by atoms with Crippen LogP contribution in [0, 0.1) is 5.82 Å². The zero-order valence-electron chi connectivity index (χ0n) is 9.84. The van der Waals surface area contributed by atoms with Crippen molar-refractivity contribution in [2.45, 2.75) is 5.03 Å². The second kappa shape index (κ2) is 6.14. The lowest BCUT2D eigenvalue weighted by Gasteiger charge is -2.07. The first-order valence-corrected chi connectivity index (χ1v) is 6.37. The molecule has 0 atom stereocenters. The Labute approximate surface area is 113 Å². The third kappa shape index (κ3) is 3.92. The standard InChI is InChI=1S/C12H11FN4OS/c13-8-1-2-10(9(14)5-8)17-11(18)7-19-12-6-15-3-4-16-12/h1-6H,7,14H2,(H,17,18). The number of nitrogens with two attached hydrogens (primary N) is 1. The van der Waals surface area contributed by atoms with Gasteiger partial charge in [-0.3, -0.25) is 9.78 Å². The van der Waals surface area contributed by atoms with Crippen LogP contribution < -0.4 is 11.1 Å². The zero-order valence-corrected chi connectivity index (χ0v) is 10.7. The number of halogens is 1. The minimum absolute atomic E-state index is 0.176. The van der Waals surface area contributed by atoms with E-state index in [4.69, 9.17) is 5.73 Å². The summed E-state index contributed by atoms with van der Waals surface area (Å²) in [6.07, 6.45) is 4.69. The second-order valence-corrected chi connectivity index (χ2v) is 4.61. The summed E-state index contributed by atoms with van der Waals surface area (Å²) in [6.45, 7) is 0. The fourth-order valence-electron chi connectivity index (χ4n) is 1.33. The predicted molar refractivity (Wildman–Crippen MR) is 72.2 cm³/mol. The molecule has 0 saturated heterocycles. The van der Waals surface area contributed by atoms with Crippen molar-refractivity contribution in [3.8, 4) is 0 Å². The number of amides is 1. The average molecular weight is 278 g/mol. The van der Waals surface area contributed by atoms with E-state index in [2.05, 4.69) is 15.3 Å². The minimum atomic E-state index is -0.440. The van der Waals surface area contributed by atoms with E-state index >= 15 is 0 Å². The number of aromatic nitrogens is 2. The number of anilines is 2. The van der Waals surface area contributed by atoms with Gasteiger partial charge in [0.05, 0.1) is 23.3 Å². The highest BCUT2D eigenvalue weighted by Crippen LogP contribution is 2.20. The van der Waals surface area contributed by atoms with Gasteiger partial charge in [-0.2, -0.15) is 0 Å². The van der Waals surface area contributed by atoms with E-state index in [-0.39, 0.29) is 17.3 Å². The Morgan fingerprint density at radius 2 is 2.26 bits per heavy atom. The van der Waals surface area contributed by atoms with E-state index in [1.54, 1.807) is 18.6 Å². The van der Waals surface area contributed by atoms with Gasteiger partial charge in [-0.15, -0.1) is 0 Å². The number of benzene rings is 1. The van der Waals surface area contributed by atoms with Crippen molar-refractivity contribution < 1.29 is 9.18 Å². The van der Waals surface area contributed by atoms with E-state index in [0.717, 1.165) is 6.07 Å². The molecule has 98 valence electrons. The average Bonchev–Trinajstić information content (AvgIpc) is 2.41. The van der Waals surface area contributed by atoms with Gasteiger partial charge >= 0.3 is 0 Å². The molecule has 0 aliphatic heterocycles. The normalized spacial score (nSPS) is 10.2. The lowest BCUT2D eigenvalue weighted by molar-refractivity contribution is -0.113. The molecule has 2 aromatic rings. The lowest BCUT2D eigenvalue weighted by atomic mass is 10.2. The number of nitrogen functional groups attached to an aromatic ring is 1. The maximum Gasteiger partial charge on any atom is 0.234 e. The van der Waals surface area contributed by atoms with Crippen LogP contribution in [0.3, 0.4) is 0 Å². The van der Waals surface area contributed by atoms with Crippen LogP contribution in [0.15, 0.2) is 41.8 Å². The summed E-state index contributed by atoms with van der Waals surface area (Å²) in [4.78, 5) is 19.6. The molecule has 0 spiro atoms. The number of carbonyl (C=O) groups excluding carboxylic acids is 1. The van der Waals surface area contributed by atoms with Crippen molar-refractivity contribution in [3.05, 3.63) is 42.6 Å². The summed E-state index contributed by atoms with van der Waals surface area (Å²) in [5, 5.41) is 3.27. The molecule has 0 unspecified atom stereocenters. The van der Waals surface area contributed by atoms with E-state index in [1.165, 1.54) is 23.9 Å². The molecule has 1 aromatic carbocycles. The molecule has 0 fully saturated rings. The topological polar surface area (TPSA) is 80.9 Å². The maximum atomic E-state index is 12.8. The summed E-state index contributed by atoms with van der Waals surface area (Å²) >= 11 is 1.26. The Hall–Kier alpha value is -2.15. The summed E-state index contributed by atoms with van der Waals surface area (Å²) in [5.41, 5.74) is 6.18. The molecule has 5 nitrogen and oxygen atoms in total. The minimum Gasteiger partial charge on any atom is -0.397 e. The van der Waals surface area contributed by atoms with Crippen LogP contribution in [-0.2, 0) is 4.79 Å². The number of hydrogen-bond acceptors (Lipinski definition) is 5. The lowest BCUT2D eigenvalue weighted by Crippen LogP contribution is -2.15. The maximum absolute atomic E-state index is 12.8. The first-order chi connectivity index (χ1) is 9.15. The van der Waals surface area contributed by atoms with Crippen LogP contribution in [0.1, 0.15) is 0 Å². The molecule has 19 heavy (non-hydrogen) atoms. The summed E-state index contributed by atoms with van der Waals surface area (Å²) in [7, 11) is 0. The number of nitrogens with one attached hydrogen (secondary N) is 1. The van der Waals surface area contributed by atoms with E-state index in [0.29, 0.717) is 10.7 Å². The van der Waals surface area contributed by atoms with Crippen LogP contribution in [0.2, 0.25) is 0 Å². The van der Waals surface area contributed by atoms with E-state index in [9.17, 15) is 9.18 Å². The third-order valence-corrected chi connectivity index (χ3v) is 3.09. The van der Waals surface area contributed by atoms with Gasteiger partial charge in [-0.05, 0) is 18.2 Å². The highest BCUT2D eigenvalue weighted by Gasteiger charge is 2.07. The van der Waals surface area contributed by atoms with Gasteiger partial charge < -0.3 is 11.1 Å². The smallest absolute Gasteiger partial charge is 0.234 e. The molecule has 0 saturated carbocycles. The van der Waals surface area contributed by atoms with Crippen molar-refractivity contribution in [2.24, 2.45) is 0 Å². The predicted octanol–water partition coefficient (Wildman–Crippen LogP) is 1.93. The van der Waals surface area contributed by atoms with Crippen molar-refractivity contribution in [3.63, 3.8) is 0 Å². The third-order valence-electron chi connectivity index (χ3n) is 2.18. The van der Waals surface area contributed by atoms with Gasteiger partial charge in [0, 0.05) is 12.4 Å². The fraction of sp³-hybridized carbons (Fsp3) is 0.0833. The molecule has 1 aromatic heterocycles. The first-order valence-electron chi connectivity index (χ1n) is 5.39. The van der Waals surface area contributed by atoms with E-state index < -0.39 is 5.82 Å². The van der Waals surface area contributed by atoms with Gasteiger partial charge in [0.2, 0.25) is 5.91 Å². The van der Waals surface area contributed by atoms with Crippen LogP contribution in [0.4, 0.5) is 15.8 Å². The Balaban J connectivity index is 1.91. The molecule has 0 radical (unpaired) electrons. The Bertz CT molecular complexity index is 579. The summed E-state index contributed by atoms with van der Waals surface area (Å²) in [6, 6.07) is 3.82. The molecule has 0 bridgehead atoms. The zero-order chi connectivity index (χ0) is 13.7. The molecule has 0 aliphatic carbocycles. The van der Waals surface area contributed by atoms with Gasteiger partial charge in [-0.25, -0.2) is 9.37 Å². The molecule has 1 amide bonds. The monoisotopic (exact) mass is 278 g/mol. The number of thioether (sulfide) groups is 1. The van der Waals surface area contributed by atoms with Gasteiger partial charge in [0.15, 0.2) is 0 Å². The number of hydrogen-bond donors (Lipinski definition) is 2. The SMILES string of the molecule is Nc1cc(F)ccc1NC(=O)CSc1cnccn1. The molecular weight excluding hydrogens is 267 g/mol. The quantitative estimate of drug-likeness (QED) is 0.659. The molecule has 7 heteroatoms. The highest BCUT2D eigenvalue weighted by molar-refractivity contribution is 7.99. The molecule has 1 heterocycles. The number of rotatable bonds is 4. The van der Waals surface area contributed by atoms with Crippen LogP contribution in [0.5, 0.6) is 0 Å². The van der Waals surface area contributed by atoms with Crippen molar-refractivity contribution in [1.29, 1.82) is 0 Å². The number of nitrogens with zero attached hydrogens (tertiary/aromatic N) is 2. The van der Waals surface area contributed by atoms with Crippen molar-refractivity contribution in [2.75, 3.05) is 16.8 Å². The molecular formula is C12H11FN4OS. The van der Waals surface area contributed by atoms with Crippen molar-refractivity contribution in [1.82, 2.24) is 9.97 Å². The molecule has 0 aliphatic rings. The first kappa shape index (κ1) is 13.3. The van der Waals surface area contributed by atoms with Crippen LogP contribution >= 0.6 is 11.8 Å². The highest BCUT2D eigenvalue weighted by atomic mass is 32.2. The number of carbonyl (C=O) groups is 1. The van der Waals surface area contributed by atoms with Gasteiger partial charge in [-0.1, -0.05) is 11.8 Å². The fourth-order valence-corrected chi connectivity index (χ4v) is 1.96. The van der Waals surface area contributed by atoms with Crippen molar-refractivity contribution >= 4 is 29.0 Å². The molecule has 2 rings (SSSR count). The molecule has 3 N–H and O–H groups in total. The van der Waals surface area contributed by atoms with Gasteiger partial charge in [0.1, 0.15) is 10.8 Å². The van der Waals surface area contributed by atoms with Crippen LogP contribution in [0.25, 0.3) is 0 Å². The van der Waals surface area contributed by atoms with Crippen LogP contribution in [-0.4, -0.2) is 21.6 Å². The van der Waals surface area contributed by atoms with E-state index in [1.807, 2.05) is 0 Å². The second-order valence-electron chi connectivity index (χ2n) is 3.61. The largest absolute Gasteiger partial charge is 0.397 e. The summed E-state index contributed by atoms with van der Waals surface area (Å²) in [5.74, 6) is -0.506. The Kier molecular flexibility index (Phi) is 4.30. The van der Waals surface area contributed by atoms with Gasteiger partial charge in [0.25, 0.3) is 0 Å². The Morgan fingerprint density at radius 3 is 2.95 bits per heavy atom. The Morgan fingerprint density at radius 1 is 1.42 bits per heavy atom.